The normalized spacial score (nSPS) is 28.5. The molecule has 4 rings (SSSR count). The van der Waals surface area contributed by atoms with Gasteiger partial charge in [0.15, 0.2) is 5.17 Å². The van der Waals surface area contributed by atoms with E-state index in [2.05, 4.69) is 9.98 Å². The summed E-state index contributed by atoms with van der Waals surface area (Å²) in [7, 11) is 0. The Labute approximate surface area is 148 Å². The van der Waals surface area contributed by atoms with E-state index in [-0.39, 0.29) is 17.8 Å². The Morgan fingerprint density at radius 2 is 2.04 bits per heavy atom. The van der Waals surface area contributed by atoms with Crippen LogP contribution in [0.3, 0.4) is 0 Å². The third-order valence-electron chi connectivity index (χ3n) is 4.96. The second-order valence-electron chi connectivity index (χ2n) is 6.37. The van der Waals surface area contributed by atoms with Gasteiger partial charge in [-0.2, -0.15) is 4.39 Å². The third kappa shape index (κ3) is 2.71. The molecule has 4 nitrogen and oxygen atoms in total. The summed E-state index contributed by atoms with van der Waals surface area (Å²) in [6.07, 6.45) is 1.41. The number of thioether (sulfide) groups is 1. The van der Waals surface area contributed by atoms with Crippen LogP contribution in [0.4, 0.5) is 8.78 Å². The summed E-state index contributed by atoms with van der Waals surface area (Å²) in [5.74, 6) is -0.117. The maximum atomic E-state index is 14.8. The van der Waals surface area contributed by atoms with E-state index in [0.29, 0.717) is 22.9 Å². The molecule has 2 aromatic rings. The minimum Gasteiger partial charge on any atom is -0.379 e. The molecular formula is C18H17F2N3OS. The molecule has 0 bridgehead atoms. The van der Waals surface area contributed by atoms with Crippen molar-refractivity contribution in [3.8, 4) is 11.1 Å². The molecule has 2 N–H and O–H groups in total. The first-order valence-corrected chi connectivity index (χ1v) is 9.00. The SMILES string of the molecule is C[C@H]1OC[C@]2(c3cc(-c4ccc(F)nc4)ccc3F)N=C(N)SC[C@H]12. The highest BCUT2D eigenvalue weighted by molar-refractivity contribution is 8.13. The molecule has 0 amide bonds. The summed E-state index contributed by atoms with van der Waals surface area (Å²) in [5.41, 5.74) is 7.07. The van der Waals surface area contributed by atoms with E-state index in [1.807, 2.05) is 6.92 Å². The van der Waals surface area contributed by atoms with Gasteiger partial charge >= 0.3 is 0 Å². The van der Waals surface area contributed by atoms with E-state index in [4.69, 9.17) is 10.5 Å². The molecule has 130 valence electrons. The molecule has 25 heavy (non-hydrogen) atoms. The molecule has 1 aromatic heterocycles. The van der Waals surface area contributed by atoms with Gasteiger partial charge in [0, 0.05) is 29.0 Å². The minimum atomic E-state index is -0.817. The predicted molar refractivity (Wildman–Crippen MR) is 94.3 cm³/mol. The van der Waals surface area contributed by atoms with Gasteiger partial charge in [-0.3, -0.25) is 0 Å². The Morgan fingerprint density at radius 1 is 1.24 bits per heavy atom. The molecule has 7 heteroatoms. The molecule has 0 aliphatic carbocycles. The van der Waals surface area contributed by atoms with Crippen LogP contribution in [-0.2, 0) is 10.3 Å². The van der Waals surface area contributed by atoms with Crippen LogP contribution in [0.2, 0.25) is 0 Å². The Kier molecular flexibility index (Phi) is 4.00. The highest BCUT2D eigenvalue weighted by Crippen LogP contribution is 2.48. The molecule has 0 spiro atoms. The van der Waals surface area contributed by atoms with E-state index in [1.54, 1.807) is 18.2 Å². The third-order valence-corrected chi connectivity index (χ3v) is 5.87. The topological polar surface area (TPSA) is 60.5 Å². The molecule has 0 unspecified atom stereocenters. The zero-order valence-corrected chi connectivity index (χ0v) is 14.4. The average molecular weight is 361 g/mol. The van der Waals surface area contributed by atoms with Crippen molar-refractivity contribution >= 4 is 16.9 Å². The van der Waals surface area contributed by atoms with Crippen molar-refractivity contribution in [3.63, 3.8) is 0 Å². The molecule has 0 radical (unpaired) electrons. The van der Waals surface area contributed by atoms with Crippen molar-refractivity contribution in [3.05, 3.63) is 53.9 Å². The van der Waals surface area contributed by atoms with E-state index in [1.165, 1.54) is 30.1 Å². The van der Waals surface area contributed by atoms with Crippen LogP contribution in [-0.4, -0.2) is 28.6 Å². The molecule has 1 aromatic carbocycles. The van der Waals surface area contributed by atoms with Crippen LogP contribution in [0.5, 0.6) is 0 Å². The number of aromatic nitrogens is 1. The fraction of sp³-hybridized carbons (Fsp3) is 0.333. The number of fused-ring (bicyclic) bond motifs is 1. The number of nitrogens with zero attached hydrogens (tertiary/aromatic N) is 2. The highest BCUT2D eigenvalue weighted by Gasteiger charge is 2.52. The number of benzene rings is 1. The van der Waals surface area contributed by atoms with Gasteiger partial charge < -0.3 is 10.5 Å². The zero-order valence-electron chi connectivity index (χ0n) is 13.6. The van der Waals surface area contributed by atoms with Crippen molar-refractivity contribution in [2.75, 3.05) is 12.4 Å². The van der Waals surface area contributed by atoms with E-state index >= 15 is 0 Å². The van der Waals surface area contributed by atoms with Crippen LogP contribution in [0.1, 0.15) is 12.5 Å². The Bertz CT molecular complexity index is 843. The molecular weight excluding hydrogens is 344 g/mol. The number of pyridine rings is 1. The molecule has 3 atom stereocenters. The van der Waals surface area contributed by atoms with Crippen molar-refractivity contribution in [2.24, 2.45) is 16.6 Å². The standard InChI is InChI=1S/C18H17F2N3OS/c1-10-14-8-25-17(21)23-18(14,9-24-10)13-6-11(2-4-15(13)19)12-3-5-16(20)22-7-12/h2-7,10,14H,8-9H2,1H3,(H2,21,23)/t10-,14-,18-/m1/s1. The van der Waals surface area contributed by atoms with Crippen LogP contribution < -0.4 is 5.73 Å². The molecule has 1 fully saturated rings. The highest BCUT2D eigenvalue weighted by atomic mass is 32.2. The van der Waals surface area contributed by atoms with Gasteiger partial charge in [-0.15, -0.1) is 0 Å². The van der Waals surface area contributed by atoms with Crippen molar-refractivity contribution in [1.29, 1.82) is 0 Å². The van der Waals surface area contributed by atoms with Crippen molar-refractivity contribution in [2.45, 2.75) is 18.6 Å². The number of halogens is 2. The molecule has 1 saturated heterocycles. The molecule has 3 heterocycles. The molecule has 0 saturated carbocycles. The van der Waals surface area contributed by atoms with Crippen LogP contribution >= 0.6 is 11.8 Å². The Hall–Kier alpha value is -1.99. The van der Waals surface area contributed by atoms with E-state index < -0.39 is 11.5 Å². The summed E-state index contributed by atoms with van der Waals surface area (Å²) in [5, 5.41) is 0.446. The van der Waals surface area contributed by atoms with Gasteiger partial charge in [0.25, 0.3) is 0 Å². The first-order valence-electron chi connectivity index (χ1n) is 8.01. The smallest absolute Gasteiger partial charge is 0.212 e. The first-order chi connectivity index (χ1) is 12.0. The summed E-state index contributed by atoms with van der Waals surface area (Å²) < 4.78 is 33.7. The lowest BCUT2D eigenvalue weighted by atomic mass is 9.78. The molecule has 2 aliphatic heterocycles. The number of ether oxygens (including phenoxy) is 1. The van der Waals surface area contributed by atoms with Gasteiger partial charge in [0.2, 0.25) is 5.95 Å². The fourth-order valence-electron chi connectivity index (χ4n) is 3.58. The number of rotatable bonds is 2. The van der Waals surface area contributed by atoms with Gasteiger partial charge in [-0.25, -0.2) is 14.4 Å². The number of aliphatic imine (C=N–C) groups is 1. The lowest BCUT2D eigenvalue weighted by Crippen LogP contribution is -2.41. The monoisotopic (exact) mass is 361 g/mol. The number of hydrogen-bond donors (Lipinski definition) is 1. The van der Waals surface area contributed by atoms with Crippen molar-refractivity contribution in [1.82, 2.24) is 4.98 Å². The Balaban J connectivity index is 1.85. The maximum absolute atomic E-state index is 14.8. The maximum Gasteiger partial charge on any atom is 0.212 e. The van der Waals surface area contributed by atoms with Crippen LogP contribution in [0, 0.1) is 17.7 Å². The minimum absolute atomic E-state index is 0.0279. The summed E-state index contributed by atoms with van der Waals surface area (Å²) >= 11 is 1.47. The lowest BCUT2D eigenvalue weighted by molar-refractivity contribution is 0.107. The second kappa shape index (κ2) is 6.07. The second-order valence-corrected chi connectivity index (χ2v) is 7.41. The van der Waals surface area contributed by atoms with Gasteiger partial charge in [-0.05, 0) is 36.8 Å². The van der Waals surface area contributed by atoms with Crippen LogP contribution in [0.15, 0.2) is 41.5 Å². The number of amidine groups is 1. The first kappa shape index (κ1) is 16.5. The van der Waals surface area contributed by atoms with Crippen molar-refractivity contribution < 1.29 is 13.5 Å². The average Bonchev–Trinajstić information content (AvgIpc) is 2.93. The van der Waals surface area contributed by atoms with Gasteiger partial charge in [-0.1, -0.05) is 17.8 Å². The lowest BCUT2D eigenvalue weighted by Gasteiger charge is -2.35. The number of hydrogen-bond acceptors (Lipinski definition) is 5. The van der Waals surface area contributed by atoms with Gasteiger partial charge in [0.05, 0.1) is 12.7 Å². The zero-order chi connectivity index (χ0) is 17.6. The van der Waals surface area contributed by atoms with Crippen LogP contribution in [0.25, 0.3) is 11.1 Å². The summed E-state index contributed by atoms with van der Waals surface area (Å²) in [6, 6.07) is 7.73. The fourth-order valence-corrected chi connectivity index (χ4v) is 4.71. The Morgan fingerprint density at radius 3 is 2.80 bits per heavy atom. The van der Waals surface area contributed by atoms with E-state index in [0.717, 1.165) is 11.3 Å². The summed E-state index contributed by atoms with van der Waals surface area (Å²) in [6.45, 7) is 2.28. The number of nitrogens with two attached hydrogens (primary N) is 1. The molecule has 2 aliphatic rings. The largest absolute Gasteiger partial charge is 0.379 e. The predicted octanol–water partition coefficient (Wildman–Crippen LogP) is 3.32. The van der Waals surface area contributed by atoms with E-state index in [9.17, 15) is 8.78 Å². The quantitative estimate of drug-likeness (QED) is 0.834. The van der Waals surface area contributed by atoms with Gasteiger partial charge in [0.1, 0.15) is 11.4 Å². The summed E-state index contributed by atoms with van der Waals surface area (Å²) in [4.78, 5) is 8.30.